The Morgan fingerprint density at radius 1 is 0.786 bits per heavy atom. The molecule has 1 heterocycles. The summed E-state index contributed by atoms with van der Waals surface area (Å²) < 4.78 is 41.8. The minimum Gasteiger partial charge on any atom is -0.270 e. The van der Waals surface area contributed by atoms with Gasteiger partial charge in [-0.15, -0.1) is 0 Å². The van der Waals surface area contributed by atoms with Crippen LogP contribution in [0, 0.1) is 0 Å². The Hall–Kier alpha value is -2.28. The van der Waals surface area contributed by atoms with Crippen LogP contribution in [0.4, 0.5) is 13.2 Å². The molecule has 0 amide bonds. The second kappa shape index (κ2) is 7.62. The van der Waals surface area contributed by atoms with Crippen molar-refractivity contribution in [1.82, 2.24) is 5.06 Å². The highest BCUT2D eigenvalue weighted by molar-refractivity contribution is 8.01. The molecule has 0 bridgehead atoms. The quantitative estimate of drug-likeness (QED) is 0.535. The topological polar surface area (TPSA) is 12.5 Å². The molecule has 0 saturated carbocycles. The first-order chi connectivity index (χ1) is 13.5. The van der Waals surface area contributed by atoms with Crippen LogP contribution in [0.2, 0.25) is 0 Å². The first-order valence-electron chi connectivity index (χ1n) is 8.84. The van der Waals surface area contributed by atoms with Gasteiger partial charge in [0.25, 0.3) is 0 Å². The molecular weight excluding hydrogens is 383 g/mol. The maximum absolute atomic E-state index is 13.9. The van der Waals surface area contributed by atoms with Gasteiger partial charge in [-0.3, -0.25) is 4.84 Å². The van der Waals surface area contributed by atoms with E-state index >= 15 is 0 Å². The van der Waals surface area contributed by atoms with Gasteiger partial charge in [-0.25, -0.2) is 0 Å². The fraction of sp³-hybridized carbons (Fsp3) is 0.182. The van der Waals surface area contributed by atoms with E-state index in [9.17, 15) is 13.2 Å². The average molecular weight is 401 g/mol. The number of hydroxylamine groups is 2. The van der Waals surface area contributed by atoms with Crippen LogP contribution in [-0.4, -0.2) is 16.6 Å². The summed E-state index contributed by atoms with van der Waals surface area (Å²) in [4.78, 5) is 4.87. The molecule has 0 aliphatic carbocycles. The lowest BCUT2D eigenvalue weighted by Crippen LogP contribution is -2.38. The molecule has 1 atom stereocenters. The van der Waals surface area contributed by atoms with Gasteiger partial charge >= 0.3 is 6.18 Å². The first kappa shape index (κ1) is 19.1. The smallest absolute Gasteiger partial charge is 0.270 e. The lowest BCUT2D eigenvalue weighted by molar-refractivity contribution is -0.258. The number of thioether (sulfide) groups is 1. The Kier molecular flexibility index (Phi) is 5.19. The van der Waals surface area contributed by atoms with Gasteiger partial charge in [0.1, 0.15) is 0 Å². The number of benzene rings is 3. The summed E-state index contributed by atoms with van der Waals surface area (Å²) in [5, 5.41) is -0.729. The Labute approximate surface area is 165 Å². The summed E-state index contributed by atoms with van der Waals surface area (Å²) in [6, 6.07) is 27.2. The standard InChI is InChI=1S/C22H18F3NOS/c23-22(24,25)20-26(16-17-10-4-1-5-11-17)27-21(28-20,18-12-6-2-7-13-18)19-14-8-3-9-15-19/h1-15,20H,16H2. The second-order valence-corrected chi connectivity index (χ2v) is 7.77. The van der Waals surface area contributed by atoms with E-state index in [4.69, 9.17) is 4.84 Å². The summed E-state index contributed by atoms with van der Waals surface area (Å²) in [5.74, 6) is 0. The molecule has 1 aliphatic rings. The van der Waals surface area contributed by atoms with E-state index in [1.807, 2.05) is 54.6 Å². The van der Waals surface area contributed by atoms with Crippen molar-refractivity contribution >= 4 is 11.8 Å². The molecule has 3 aromatic rings. The third-order valence-electron chi connectivity index (χ3n) is 4.55. The highest BCUT2D eigenvalue weighted by atomic mass is 32.2. The van der Waals surface area contributed by atoms with Gasteiger partial charge in [0.15, 0.2) is 10.3 Å². The van der Waals surface area contributed by atoms with E-state index < -0.39 is 16.5 Å². The lowest BCUT2D eigenvalue weighted by atomic mass is 10.0. The normalized spacial score (nSPS) is 19.6. The van der Waals surface area contributed by atoms with E-state index in [1.165, 1.54) is 0 Å². The number of hydrogen-bond donors (Lipinski definition) is 0. The van der Waals surface area contributed by atoms with Crippen LogP contribution in [0.3, 0.4) is 0 Å². The summed E-state index contributed by atoms with van der Waals surface area (Å²) in [6.45, 7) is 0.0411. The molecule has 0 aromatic heterocycles. The van der Waals surface area contributed by atoms with Crippen molar-refractivity contribution in [3.8, 4) is 0 Å². The lowest BCUT2D eigenvalue weighted by Gasteiger charge is -2.29. The van der Waals surface area contributed by atoms with E-state index in [-0.39, 0.29) is 6.54 Å². The molecule has 4 rings (SSSR count). The molecule has 1 saturated heterocycles. The van der Waals surface area contributed by atoms with E-state index in [0.717, 1.165) is 22.4 Å². The molecule has 3 aromatic carbocycles. The Bertz CT molecular complexity index is 864. The summed E-state index contributed by atoms with van der Waals surface area (Å²) in [6.07, 6.45) is -4.44. The maximum atomic E-state index is 13.9. The molecule has 1 unspecified atom stereocenters. The summed E-state index contributed by atoms with van der Waals surface area (Å²) >= 11 is 0.777. The third kappa shape index (κ3) is 3.68. The molecule has 1 fully saturated rings. The van der Waals surface area contributed by atoms with Crippen LogP contribution < -0.4 is 0 Å². The van der Waals surface area contributed by atoms with Crippen molar-refractivity contribution in [2.24, 2.45) is 0 Å². The average Bonchev–Trinajstić information content (AvgIpc) is 3.11. The van der Waals surface area contributed by atoms with Gasteiger partial charge in [0.05, 0.1) is 6.54 Å². The van der Waals surface area contributed by atoms with Crippen molar-refractivity contribution in [3.63, 3.8) is 0 Å². The van der Waals surface area contributed by atoms with Crippen molar-refractivity contribution in [2.75, 3.05) is 0 Å². The van der Waals surface area contributed by atoms with Gasteiger partial charge in [-0.1, -0.05) is 103 Å². The summed E-state index contributed by atoms with van der Waals surface area (Å²) in [5.41, 5.74) is 2.11. The fourth-order valence-electron chi connectivity index (χ4n) is 3.28. The molecule has 2 nitrogen and oxygen atoms in total. The van der Waals surface area contributed by atoms with Crippen molar-refractivity contribution in [3.05, 3.63) is 108 Å². The monoisotopic (exact) mass is 401 g/mol. The molecule has 6 heteroatoms. The largest absolute Gasteiger partial charge is 0.415 e. The minimum atomic E-state index is -4.44. The maximum Gasteiger partial charge on any atom is 0.415 e. The van der Waals surface area contributed by atoms with Crippen molar-refractivity contribution < 1.29 is 18.0 Å². The highest BCUT2D eigenvalue weighted by Crippen LogP contribution is 2.56. The third-order valence-corrected chi connectivity index (χ3v) is 6.16. The predicted molar refractivity (Wildman–Crippen MR) is 104 cm³/mol. The van der Waals surface area contributed by atoms with Gasteiger partial charge in [0, 0.05) is 11.1 Å². The second-order valence-electron chi connectivity index (χ2n) is 6.51. The number of hydrogen-bond acceptors (Lipinski definition) is 3. The Morgan fingerprint density at radius 2 is 1.25 bits per heavy atom. The molecular formula is C22H18F3NOS. The van der Waals surface area contributed by atoms with Crippen LogP contribution in [-0.2, 0) is 16.3 Å². The number of halogens is 3. The summed E-state index contributed by atoms with van der Waals surface area (Å²) in [7, 11) is 0. The highest BCUT2D eigenvalue weighted by Gasteiger charge is 2.58. The molecule has 1 aliphatic heterocycles. The Morgan fingerprint density at radius 3 is 1.71 bits per heavy atom. The van der Waals surface area contributed by atoms with Crippen LogP contribution in [0.15, 0.2) is 91.0 Å². The fourth-order valence-corrected chi connectivity index (χ4v) is 4.65. The van der Waals surface area contributed by atoms with Crippen LogP contribution in [0.5, 0.6) is 0 Å². The van der Waals surface area contributed by atoms with Gasteiger partial charge in [0.2, 0.25) is 0 Å². The Balaban J connectivity index is 1.79. The van der Waals surface area contributed by atoms with Gasteiger partial charge < -0.3 is 0 Å². The van der Waals surface area contributed by atoms with E-state index in [2.05, 4.69) is 0 Å². The van der Waals surface area contributed by atoms with Crippen LogP contribution in [0.25, 0.3) is 0 Å². The van der Waals surface area contributed by atoms with E-state index in [1.54, 1.807) is 36.4 Å². The molecule has 0 radical (unpaired) electrons. The van der Waals surface area contributed by atoms with Crippen molar-refractivity contribution in [1.29, 1.82) is 0 Å². The predicted octanol–water partition coefficient (Wildman–Crippen LogP) is 5.96. The minimum absolute atomic E-state index is 0.0411. The van der Waals surface area contributed by atoms with Gasteiger partial charge in [-0.05, 0) is 5.56 Å². The zero-order chi connectivity index (χ0) is 19.6. The zero-order valence-corrected chi connectivity index (χ0v) is 15.7. The first-order valence-corrected chi connectivity index (χ1v) is 9.72. The number of nitrogens with zero attached hydrogens (tertiary/aromatic N) is 1. The molecule has 144 valence electrons. The van der Waals surface area contributed by atoms with Crippen LogP contribution in [0.1, 0.15) is 16.7 Å². The van der Waals surface area contributed by atoms with Crippen LogP contribution >= 0.6 is 11.8 Å². The van der Waals surface area contributed by atoms with Crippen molar-refractivity contribution in [2.45, 2.75) is 23.0 Å². The number of alkyl halides is 3. The number of rotatable bonds is 4. The van der Waals surface area contributed by atoms with E-state index in [0.29, 0.717) is 11.1 Å². The molecule has 0 spiro atoms. The zero-order valence-electron chi connectivity index (χ0n) is 14.8. The van der Waals surface area contributed by atoms with Gasteiger partial charge in [-0.2, -0.15) is 18.2 Å². The molecule has 28 heavy (non-hydrogen) atoms. The SMILES string of the molecule is FC(F)(F)C1SC(c2ccccc2)(c2ccccc2)ON1Cc1ccccc1. The molecule has 0 N–H and O–H groups in total.